The lowest BCUT2D eigenvalue weighted by Crippen LogP contribution is -2.42. The molecule has 0 radical (unpaired) electrons. The van der Waals surface area contributed by atoms with E-state index in [-0.39, 0.29) is 11.4 Å². The number of aromatic nitrogens is 2. The van der Waals surface area contributed by atoms with Crippen molar-refractivity contribution in [2.24, 2.45) is 0 Å². The van der Waals surface area contributed by atoms with Crippen LogP contribution in [-0.2, 0) is 22.0 Å². The zero-order chi connectivity index (χ0) is 18.2. The van der Waals surface area contributed by atoms with Crippen LogP contribution >= 0.6 is 0 Å². The van der Waals surface area contributed by atoms with Crippen LogP contribution < -0.4 is 4.72 Å². The minimum absolute atomic E-state index is 0.0945. The van der Waals surface area contributed by atoms with Gasteiger partial charge in [0, 0.05) is 30.9 Å². The summed E-state index contributed by atoms with van der Waals surface area (Å²) in [4.78, 5) is 0.139. The van der Waals surface area contributed by atoms with Crippen LogP contribution in [0.15, 0.2) is 64.4 Å². The van der Waals surface area contributed by atoms with Crippen LogP contribution in [0, 0.1) is 0 Å². The zero-order valence-corrected chi connectivity index (χ0v) is 14.8. The second kappa shape index (κ2) is 6.39. The molecular formula is C18H19N3O4S. The Morgan fingerprint density at radius 2 is 2.08 bits per heavy atom. The van der Waals surface area contributed by atoms with Gasteiger partial charge >= 0.3 is 0 Å². The van der Waals surface area contributed by atoms with Crippen molar-refractivity contribution >= 4 is 10.0 Å². The third-order valence-electron chi connectivity index (χ3n) is 4.71. The summed E-state index contributed by atoms with van der Waals surface area (Å²) in [6.07, 6.45) is 6.96. The quantitative estimate of drug-likeness (QED) is 0.713. The van der Waals surface area contributed by atoms with Crippen LogP contribution in [-0.4, -0.2) is 29.8 Å². The Morgan fingerprint density at radius 3 is 2.81 bits per heavy atom. The molecule has 1 aliphatic rings. The van der Waals surface area contributed by atoms with Crippen LogP contribution in [0.2, 0.25) is 0 Å². The minimum Gasteiger partial charge on any atom is -0.469 e. The lowest BCUT2D eigenvalue weighted by Gasteiger charge is -2.31. The highest BCUT2D eigenvalue weighted by molar-refractivity contribution is 7.89. The van der Waals surface area contributed by atoms with Gasteiger partial charge in [-0.1, -0.05) is 0 Å². The number of nitrogens with one attached hydrogen (secondary N) is 1. The van der Waals surface area contributed by atoms with Gasteiger partial charge in [-0.3, -0.25) is 0 Å². The van der Waals surface area contributed by atoms with Crippen molar-refractivity contribution in [1.29, 1.82) is 0 Å². The van der Waals surface area contributed by atoms with Gasteiger partial charge in [-0.05, 0) is 49.2 Å². The Kier molecular flexibility index (Phi) is 4.18. The Morgan fingerprint density at radius 1 is 1.27 bits per heavy atom. The van der Waals surface area contributed by atoms with E-state index in [0.717, 1.165) is 24.3 Å². The number of sulfonamides is 1. The van der Waals surface area contributed by atoms with Crippen molar-refractivity contribution in [3.63, 3.8) is 0 Å². The molecule has 2 heterocycles. The van der Waals surface area contributed by atoms with Crippen molar-refractivity contribution in [3.8, 4) is 5.69 Å². The van der Waals surface area contributed by atoms with Crippen LogP contribution in [0.4, 0.5) is 0 Å². The largest absolute Gasteiger partial charge is 0.469 e. The Hall–Kier alpha value is -2.42. The van der Waals surface area contributed by atoms with Crippen LogP contribution in [0.1, 0.15) is 24.2 Å². The number of hydrogen-bond acceptors (Lipinski definition) is 5. The summed E-state index contributed by atoms with van der Waals surface area (Å²) in [7, 11) is -3.74. The molecular weight excluding hydrogens is 354 g/mol. The Balaban J connectivity index is 1.51. The Labute approximate surface area is 151 Å². The number of benzene rings is 1. The van der Waals surface area contributed by atoms with Gasteiger partial charge in [0.25, 0.3) is 0 Å². The molecule has 0 saturated carbocycles. The SMILES string of the molecule is O=S(=O)(NCC1(O)CCCc2occc21)c1ccc(-n2cccn2)cc1. The summed E-state index contributed by atoms with van der Waals surface area (Å²) < 4.78 is 34.7. The predicted molar refractivity (Wildman–Crippen MR) is 94.3 cm³/mol. The lowest BCUT2D eigenvalue weighted by atomic mass is 9.83. The third-order valence-corrected chi connectivity index (χ3v) is 6.13. The molecule has 1 unspecified atom stereocenters. The summed E-state index contributed by atoms with van der Waals surface area (Å²) >= 11 is 0. The first-order valence-corrected chi connectivity index (χ1v) is 9.85. The molecule has 4 rings (SSSR count). The van der Waals surface area contributed by atoms with Crippen molar-refractivity contribution < 1.29 is 17.9 Å². The minimum atomic E-state index is -3.74. The molecule has 0 aliphatic heterocycles. The lowest BCUT2D eigenvalue weighted by molar-refractivity contribution is 0.0221. The molecule has 136 valence electrons. The Bertz CT molecular complexity index is 994. The maximum atomic E-state index is 12.6. The van der Waals surface area contributed by atoms with Crippen LogP contribution in [0.25, 0.3) is 5.69 Å². The van der Waals surface area contributed by atoms with Gasteiger partial charge in [0.15, 0.2) is 0 Å². The summed E-state index contributed by atoms with van der Waals surface area (Å²) in [5.41, 5.74) is 0.186. The average molecular weight is 373 g/mol. The molecule has 2 aromatic heterocycles. The highest BCUT2D eigenvalue weighted by Crippen LogP contribution is 2.35. The van der Waals surface area contributed by atoms with Gasteiger partial charge in [-0.2, -0.15) is 5.10 Å². The molecule has 1 aromatic carbocycles. The molecule has 1 aliphatic carbocycles. The molecule has 0 amide bonds. The molecule has 1 atom stereocenters. The maximum absolute atomic E-state index is 12.6. The second-order valence-corrected chi connectivity index (χ2v) is 8.18. The van der Waals surface area contributed by atoms with E-state index in [2.05, 4.69) is 9.82 Å². The summed E-state index contributed by atoms with van der Waals surface area (Å²) in [6.45, 7) is -0.0945. The van der Waals surface area contributed by atoms with Crippen LogP contribution in [0.5, 0.6) is 0 Å². The number of nitrogens with zero attached hydrogens (tertiary/aromatic N) is 2. The van der Waals surface area contributed by atoms with Gasteiger partial charge in [-0.15, -0.1) is 0 Å². The number of furan rings is 1. The molecule has 3 aromatic rings. The number of hydrogen-bond donors (Lipinski definition) is 2. The number of fused-ring (bicyclic) bond motifs is 1. The summed E-state index contributed by atoms with van der Waals surface area (Å²) in [5.74, 6) is 0.724. The molecule has 0 saturated heterocycles. The van der Waals surface area contributed by atoms with E-state index in [1.165, 1.54) is 18.4 Å². The van der Waals surface area contributed by atoms with Crippen molar-refractivity contribution in [3.05, 3.63) is 66.4 Å². The monoisotopic (exact) mass is 373 g/mol. The molecule has 8 heteroatoms. The predicted octanol–water partition coefficient (Wildman–Crippen LogP) is 1.97. The second-order valence-electron chi connectivity index (χ2n) is 6.41. The number of aryl methyl sites for hydroxylation is 1. The topological polar surface area (TPSA) is 97.4 Å². The highest BCUT2D eigenvalue weighted by Gasteiger charge is 2.37. The van der Waals surface area contributed by atoms with Crippen molar-refractivity contribution in [2.75, 3.05) is 6.54 Å². The van der Waals surface area contributed by atoms with Gasteiger partial charge in [0.2, 0.25) is 10.0 Å². The van der Waals surface area contributed by atoms with E-state index in [1.54, 1.807) is 41.3 Å². The zero-order valence-electron chi connectivity index (χ0n) is 14.0. The molecule has 0 bridgehead atoms. The van der Waals surface area contributed by atoms with Crippen molar-refractivity contribution in [1.82, 2.24) is 14.5 Å². The van der Waals surface area contributed by atoms with Gasteiger partial charge < -0.3 is 9.52 Å². The van der Waals surface area contributed by atoms with Gasteiger partial charge in [-0.25, -0.2) is 17.8 Å². The first kappa shape index (κ1) is 17.0. The highest BCUT2D eigenvalue weighted by atomic mass is 32.2. The molecule has 0 spiro atoms. The molecule has 2 N–H and O–H groups in total. The normalized spacial score (nSPS) is 20.0. The van der Waals surface area contributed by atoms with Crippen molar-refractivity contribution in [2.45, 2.75) is 29.8 Å². The molecule has 26 heavy (non-hydrogen) atoms. The van der Waals surface area contributed by atoms with E-state index in [9.17, 15) is 13.5 Å². The first-order valence-electron chi connectivity index (χ1n) is 8.37. The third kappa shape index (κ3) is 3.07. The van der Waals surface area contributed by atoms with E-state index in [4.69, 9.17) is 4.42 Å². The molecule has 0 fully saturated rings. The van der Waals surface area contributed by atoms with E-state index in [0.29, 0.717) is 12.0 Å². The number of rotatable bonds is 5. The maximum Gasteiger partial charge on any atom is 0.240 e. The molecule has 7 nitrogen and oxygen atoms in total. The van der Waals surface area contributed by atoms with E-state index >= 15 is 0 Å². The average Bonchev–Trinajstić information content (AvgIpc) is 3.33. The fourth-order valence-electron chi connectivity index (χ4n) is 3.31. The first-order chi connectivity index (χ1) is 12.5. The fraction of sp³-hybridized carbons (Fsp3) is 0.278. The van der Waals surface area contributed by atoms with E-state index < -0.39 is 15.6 Å². The van der Waals surface area contributed by atoms with Gasteiger partial charge in [0.1, 0.15) is 11.4 Å². The van der Waals surface area contributed by atoms with E-state index in [1.807, 2.05) is 0 Å². The summed E-state index contributed by atoms with van der Waals surface area (Å²) in [5, 5.41) is 15.0. The van der Waals surface area contributed by atoms with Crippen LogP contribution in [0.3, 0.4) is 0 Å². The fourth-order valence-corrected chi connectivity index (χ4v) is 4.40. The van der Waals surface area contributed by atoms with Gasteiger partial charge in [0.05, 0.1) is 16.8 Å². The smallest absolute Gasteiger partial charge is 0.240 e. The summed E-state index contributed by atoms with van der Waals surface area (Å²) in [6, 6.07) is 9.92. The number of aliphatic hydroxyl groups is 1. The standard InChI is InChI=1S/C18H19N3O4S/c22-18(9-1-3-17-16(18)8-12-25-17)13-20-26(23,24)15-6-4-14(5-7-15)21-11-2-10-19-21/h2,4-8,10-12,20,22H,1,3,9,13H2.